The number of imide groups is 1. The first-order chi connectivity index (χ1) is 19.0. The number of aromatic carboxylic acids is 1. The van der Waals surface area contributed by atoms with Crippen LogP contribution in [0.15, 0.2) is 42.5 Å². The summed E-state index contributed by atoms with van der Waals surface area (Å²) in [5, 5.41) is 21.5. The zero-order valence-electron chi connectivity index (χ0n) is 22.0. The Kier molecular flexibility index (Phi) is 8.96. The predicted octanol–water partition coefficient (Wildman–Crippen LogP) is 5.28. The summed E-state index contributed by atoms with van der Waals surface area (Å²) in [7, 11) is 0. The second kappa shape index (κ2) is 11.6. The van der Waals surface area contributed by atoms with Crippen molar-refractivity contribution < 1.29 is 55.7 Å². The van der Waals surface area contributed by atoms with Crippen LogP contribution in [0.4, 0.5) is 31.1 Å². The zero-order chi connectivity index (χ0) is 30.8. The number of benzene rings is 2. The summed E-state index contributed by atoms with van der Waals surface area (Å²) < 4.78 is 85.3. The Labute approximate surface area is 230 Å². The number of carboxylic acid groups (broad SMARTS) is 1. The lowest BCUT2D eigenvalue weighted by molar-refractivity contribution is -0.376. The lowest BCUT2D eigenvalue weighted by Crippen LogP contribution is -2.53. The summed E-state index contributed by atoms with van der Waals surface area (Å²) in [5.41, 5.74) is -7.62. The number of hydrogen-bond acceptors (Lipinski definition) is 5. The number of alkyl halides is 6. The molecule has 0 bridgehead atoms. The number of amides is 3. The molecule has 3 amide bonds. The van der Waals surface area contributed by atoms with Gasteiger partial charge in [-0.2, -0.15) is 26.3 Å². The third kappa shape index (κ3) is 6.11. The molecule has 8 nitrogen and oxygen atoms in total. The molecule has 3 rings (SSSR count). The number of urea groups is 1. The van der Waals surface area contributed by atoms with Crippen LogP contribution >= 0.6 is 0 Å². The van der Waals surface area contributed by atoms with Crippen molar-refractivity contribution in [2.24, 2.45) is 0 Å². The average molecular weight is 591 g/mol. The molecule has 1 atom stereocenters. The number of unbranched alkanes of at least 4 members (excludes halogenated alkanes) is 1. The van der Waals surface area contributed by atoms with Gasteiger partial charge in [0.25, 0.3) is 11.5 Å². The van der Waals surface area contributed by atoms with Gasteiger partial charge in [0.1, 0.15) is 11.3 Å². The Bertz CT molecular complexity index is 1300. The number of aliphatic hydroxyl groups is 1. The lowest BCUT2D eigenvalue weighted by Gasteiger charge is -2.33. The first kappa shape index (κ1) is 31.7. The van der Waals surface area contributed by atoms with E-state index in [1.807, 2.05) is 0 Å². The van der Waals surface area contributed by atoms with Gasteiger partial charge < -0.3 is 20.3 Å². The maximum atomic E-state index is 13.3. The van der Waals surface area contributed by atoms with Crippen LogP contribution in [0.3, 0.4) is 0 Å². The van der Waals surface area contributed by atoms with Crippen LogP contribution in [-0.4, -0.2) is 58.5 Å². The zero-order valence-corrected chi connectivity index (χ0v) is 22.0. The summed E-state index contributed by atoms with van der Waals surface area (Å²) >= 11 is 0. The normalized spacial score (nSPS) is 18.0. The summed E-state index contributed by atoms with van der Waals surface area (Å²) in [6.07, 6.45) is -11.0. The van der Waals surface area contributed by atoms with Gasteiger partial charge in [-0.25, -0.2) is 9.59 Å². The molecule has 1 saturated heterocycles. The number of carboxylic acids is 1. The van der Waals surface area contributed by atoms with Gasteiger partial charge in [-0.3, -0.25) is 9.69 Å². The van der Waals surface area contributed by atoms with E-state index in [-0.39, 0.29) is 54.9 Å². The van der Waals surface area contributed by atoms with E-state index < -0.39 is 47.0 Å². The largest absolute Gasteiger partial charge is 0.493 e. The van der Waals surface area contributed by atoms with Crippen LogP contribution in [0.25, 0.3) is 0 Å². The van der Waals surface area contributed by atoms with E-state index in [4.69, 9.17) is 4.74 Å². The molecule has 2 aromatic rings. The smallest absolute Gasteiger partial charge is 0.430 e. The fourth-order valence-electron chi connectivity index (χ4n) is 4.51. The number of rotatable bonds is 11. The number of ether oxygens (including phenoxy) is 1. The Hall–Kier alpha value is -3.81. The number of hydrogen-bond donors (Lipinski definition) is 3. The highest BCUT2D eigenvalue weighted by Crippen LogP contribution is 2.50. The van der Waals surface area contributed by atoms with Gasteiger partial charge in [-0.1, -0.05) is 31.5 Å². The number of halogens is 6. The topological polar surface area (TPSA) is 116 Å². The molecule has 2 aromatic carbocycles. The van der Waals surface area contributed by atoms with E-state index in [2.05, 4.69) is 5.32 Å². The molecule has 1 heterocycles. The van der Waals surface area contributed by atoms with Gasteiger partial charge in [0.05, 0.1) is 12.2 Å². The van der Waals surface area contributed by atoms with Crippen molar-refractivity contribution in [2.75, 3.05) is 13.2 Å². The van der Waals surface area contributed by atoms with Gasteiger partial charge in [0, 0.05) is 12.1 Å². The third-order valence-corrected chi connectivity index (χ3v) is 6.81. The number of carbonyl (C=O) groups is 3. The molecule has 1 unspecified atom stereocenters. The lowest BCUT2D eigenvalue weighted by atomic mass is 9.90. The van der Waals surface area contributed by atoms with Crippen LogP contribution < -0.4 is 10.1 Å². The van der Waals surface area contributed by atoms with Crippen LogP contribution in [0.5, 0.6) is 5.75 Å². The molecule has 0 aliphatic carbocycles. The molecule has 41 heavy (non-hydrogen) atoms. The van der Waals surface area contributed by atoms with E-state index >= 15 is 0 Å². The summed E-state index contributed by atoms with van der Waals surface area (Å²) in [5.74, 6) is -1.74. The first-order valence-electron chi connectivity index (χ1n) is 12.6. The number of carbonyl (C=O) groups excluding carboxylic acids is 2. The number of nitrogens with zero attached hydrogens (tertiary/aromatic N) is 1. The van der Waals surface area contributed by atoms with Crippen molar-refractivity contribution in [1.82, 2.24) is 10.2 Å². The van der Waals surface area contributed by atoms with Crippen molar-refractivity contribution >= 4 is 17.9 Å². The van der Waals surface area contributed by atoms with E-state index in [0.717, 1.165) is 11.0 Å². The minimum atomic E-state index is -6.01. The molecular weight excluding hydrogens is 562 g/mol. The minimum Gasteiger partial charge on any atom is -0.493 e. The van der Waals surface area contributed by atoms with Crippen molar-refractivity contribution in [2.45, 2.75) is 63.0 Å². The van der Waals surface area contributed by atoms with Gasteiger partial charge in [0.15, 0.2) is 0 Å². The quantitative estimate of drug-likeness (QED) is 0.187. The van der Waals surface area contributed by atoms with Crippen molar-refractivity contribution in [3.8, 4) is 5.75 Å². The molecule has 0 aromatic heterocycles. The Morgan fingerprint density at radius 3 is 2.27 bits per heavy atom. The minimum absolute atomic E-state index is 0.0206. The highest BCUT2D eigenvalue weighted by molar-refractivity contribution is 6.07. The number of aryl methyl sites for hydroxylation is 1. The van der Waals surface area contributed by atoms with Crippen LogP contribution in [-0.2, 0) is 22.4 Å². The predicted molar refractivity (Wildman–Crippen MR) is 132 cm³/mol. The van der Waals surface area contributed by atoms with Crippen molar-refractivity contribution in [3.63, 3.8) is 0 Å². The molecule has 1 fully saturated rings. The van der Waals surface area contributed by atoms with E-state index in [1.54, 1.807) is 6.92 Å². The molecule has 14 heteroatoms. The maximum absolute atomic E-state index is 13.3. The first-order valence-corrected chi connectivity index (χ1v) is 12.6. The van der Waals surface area contributed by atoms with Gasteiger partial charge in [0.2, 0.25) is 0 Å². The summed E-state index contributed by atoms with van der Waals surface area (Å²) in [6, 6.07) is 7.03. The Morgan fingerprint density at radius 1 is 1.02 bits per heavy atom. The molecular formula is C27H28F6N2O6. The summed E-state index contributed by atoms with van der Waals surface area (Å²) in [4.78, 5) is 37.8. The molecule has 3 N–H and O–H groups in total. The highest BCUT2D eigenvalue weighted by atomic mass is 19.4. The van der Waals surface area contributed by atoms with Crippen molar-refractivity contribution in [3.05, 3.63) is 64.7 Å². The van der Waals surface area contributed by atoms with Crippen LogP contribution in [0, 0.1) is 0 Å². The monoisotopic (exact) mass is 590 g/mol. The van der Waals surface area contributed by atoms with E-state index in [0.29, 0.717) is 18.6 Å². The standard InChI is InChI=1S/C27H28F6N2O6/c1-3-7-16-14-19(25(40,26(28,29)30)27(31,32)33)10-11-20(16)41-13-5-4-12-35-22(38)24(2,34-23(35)39)18-9-6-8-17(15-18)21(36)37/h6,8-11,14-15,40H,3-5,7,12-13H2,1-2H3,(H,34,39)(H,36,37). The maximum Gasteiger partial charge on any atom is 0.430 e. The Morgan fingerprint density at radius 2 is 1.68 bits per heavy atom. The van der Waals surface area contributed by atoms with E-state index in [1.165, 1.54) is 31.2 Å². The molecule has 0 spiro atoms. The van der Waals surface area contributed by atoms with Gasteiger partial charge >= 0.3 is 24.4 Å². The fraction of sp³-hybridized carbons (Fsp3) is 0.444. The molecule has 1 aliphatic rings. The van der Waals surface area contributed by atoms with Crippen molar-refractivity contribution in [1.29, 1.82) is 0 Å². The SMILES string of the molecule is CCCc1cc(C(O)(C(F)(F)F)C(F)(F)F)ccc1OCCCCN1C(=O)NC(C)(c2cccc(C(=O)O)c2)C1=O. The summed E-state index contributed by atoms with van der Waals surface area (Å²) in [6.45, 7) is 3.07. The van der Waals surface area contributed by atoms with Crippen LogP contribution in [0.2, 0.25) is 0 Å². The molecule has 0 saturated carbocycles. The number of nitrogens with one attached hydrogen (secondary N) is 1. The fourth-order valence-corrected chi connectivity index (χ4v) is 4.51. The molecule has 224 valence electrons. The van der Waals surface area contributed by atoms with Gasteiger partial charge in [-0.05, 0) is 61.6 Å². The highest BCUT2D eigenvalue weighted by Gasteiger charge is 2.71. The third-order valence-electron chi connectivity index (χ3n) is 6.81. The second-order valence-electron chi connectivity index (χ2n) is 9.73. The Balaban J connectivity index is 1.65. The second-order valence-corrected chi connectivity index (χ2v) is 9.73. The van der Waals surface area contributed by atoms with Gasteiger partial charge in [-0.15, -0.1) is 0 Å². The molecule has 1 aliphatic heterocycles. The molecule has 0 radical (unpaired) electrons. The van der Waals surface area contributed by atoms with E-state index in [9.17, 15) is 50.9 Å². The average Bonchev–Trinajstić information content (AvgIpc) is 3.11. The van der Waals surface area contributed by atoms with Crippen LogP contribution in [0.1, 0.15) is 60.2 Å².